The maximum Gasteiger partial charge on any atom is 0.318 e. The van der Waals surface area contributed by atoms with Crippen LogP contribution in [-0.4, -0.2) is 53.7 Å². The Morgan fingerprint density at radius 3 is 3.00 bits per heavy atom. The van der Waals surface area contributed by atoms with Gasteiger partial charge in [-0.2, -0.15) is 0 Å². The molecular weight excluding hydrogens is 383 g/mol. The smallest absolute Gasteiger partial charge is 0.318 e. The predicted molar refractivity (Wildman–Crippen MR) is 98.7 cm³/mol. The van der Waals surface area contributed by atoms with Gasteiger partial charge in [0.1, 0.15) is 41.6 Å². The number of hydrogen-bond donors (Lipinski definition) is 1. The van der Waals surface area contributed by atoms with E-state index in [1.165, 1.54) is 36.0 Å². The van der Waals surface area contributed by atoms with Crippen LogP contribution in [0.15, 0.2) is 36.9 Å². The quantitative estimate of drug-likeness (QED) is 0.442. The van der Waals surface area contributed by atoms with E-state index in [2.05, 4.69) is 6.58 Å². The highest BCUT2D eigenvalue weighted by Crippen LogP contribution is 2.42. The van der Waals surface area contributed by atoms with E-state index in [9.17, 15) is 14.0 Å². The number of hydrogen-bond acceptors (Lipinski definition) is 6. The number of nitrogens with zero attached hydrogens (tertiary/aromatic N) is 1. The summed E-state index contributed by atoms with van der Waals surface area (Å²) in [5, 5.41) is -0.123. The van der Waals surface area contributed by atoms with Crippen LogP contribution in [0, 0.1) is 11.2 Å². The minimum absolute atomic E-state index is 0. The van der Waals surface area contributed by atoms with Gasteiger partial charge in [0.25, 0.3) is 0 Å². The Kier molecular flexibility index (Phi) is 6.54. The predicted octanol–water partition coefficient (Wildman–Crippen LogP) is 1.58. The number of esters is 1. The summed E-state index contributed by atoms with van der Waals surface area (Å²) < 4.78 is 24.2. The number of fused-ring (bicyclic) bond motifs is 1. The van der Waals surface area contributed by atoms with Crippen molar-refractivity contribution in [3.8, 4) is 5.75 Å². The second kappa shape index (κ2) is 8.28. The summed E-state index contributed by atoms with van der Waals surface area (Å²) in [6, 6.07) is 5.15. The largest absolute Gasteiger partial charge is 0.492 e. The molecule has 0 aromatic heterocycles. The van der Waals surface area contributed by atoms with Crippen molar-refractivity contribution < 1.29 is 23.5 Å². The van der Waals surface area contributed by atoms with Gasteiger partial charge < -0.3 is 20.1 Å². The molecule has 2 fully saturated rings. The first-order chi connectivity index (χ1) is 12.0. The number of halogens is 2. The van der Waals surface area contributed by atoms with E-state index in [0.717, 1.165) is 0 Å². The van der Waals surface area contributed by atoms with Crippen molar-refractivity contribution in [2.24, 2.45) is 11.1 Å². The van der Waals surface area contributed by atoms with Crippen molar-refractivity contribution >= 4 is 36.0 Å². The highest BCUT2D eigenvalue weighted by molar-refractivity contribution is 8.00. The van der Waals surface area contributed by atoms with Crippen LogP contribution in [0.2, 0.25) is 0 Å². The van der Waals surface area contributed by atoms with Crippen LogP contribution in [-0.2, 0) is 14.3 Å². The molecule has 2 N–H and O–H groups in total. The van der Waals surface area contributed by atoms with Crippen LogP contribution in [0.1, 0.15) is 0 Å². The molecule has 3 atom stereocenters. The molecule has 1 amide bonds. The number of β-lactam (4-membered cyclic amide) rings is 1. The fourth-order valence-corrected chi connectivity index (χ4v) is 4.33. The summed E-state index contributed by atoms with van der Waals surface area (Å²) in [4.78, 5) is 26.2. The lowest BCUT2D eigenvalue weighted by Crippen LogP contribution is -2.72. The number of carbonyl (C=O) groups is 2. The number of carbonyl (C=O) groups excluding carboxylic acids is 2. The molecule has 0 aliphatic carbocycles. The topological polar surface area (TPSA) is 81.9 Å². The summed E-state index contributed by atoms with van der Waals surface area (Å²) in [5.74, 6) is -0.371. The van der Waals surface area contributed by atoms with Crippen molar-refractivity contribution in [2.75, 3.05) is 25.5 Å². The van der Waals surface area contributed by atoms with Gasteiger partial charge >= 0.3 is 5.97 Å². The molecule has 2 unspecified atom stereocenters. The minimum Gasteiger partial charge on any atom is -0.492 e. The highest BCUT2D eigenvalue weighted by Gasteiger charge is 2.56. The third-order valence-corrected chi connectivity index (χ3v) is 5.87. The molecule has 2 heterocycles. The van der Waals surface area contributed by atoms with Crippen molar-refractivity contribution in [1.82, 2.24) is 4.90 Å². The molecule has 26 heavy (non-hydrogen) atoms. The molecule has 6 nitrogen and oxygen atoms in total. The second-order valence-electron chi connectivity index (χ2n) is 6.11. The van der Waals surface area contributed by atoms with Gasteiger partial charge in [0.15, 0.2) is 0 Å². The molecule has 1 aromatic rings. The lowest BCUT2D eigenvalue weighted by atomic mass is 9.88. The third-order valence-electron chi connectivity index (χ3n) is 4.26. The van der Waals surface area contributed by atoms with Gasteiger partial charge in [-0.15, -0.1) is 24.2 Å². The van der Waals surface area contributed by atoms with Crippen molar-refractivity contribution in [3.05, 3.63) is 42.7 Å². The van der Waals surface area contributed by atoms with Crippen LogP contribution in [0.3, 0.4) is 0 Å². The second-order valence-corrected chi connectivity index (χ2v) is 7.21. The van der Waals surface area contributed by atoms with Crippen LogP contribution < -0.4 is 10.5 Å². The maximum absolute atomic E-state index is 13.3. The molecule has 2 aliphatic heterocycles. The average Bonchev–Trinajstić information content (AvgIpc) is 2.63. The molecule has 9 heteroatoms. The molecule has 142 valence electrons. The van der Waals surface area contributed by atoms with E-state index in [1.807, 2.05) is 0 Å². The lowest BCUT2D eigenvalue weighted by Gasteiger charge is -2.52. The van der Waals surface area contributed by atoms with Crippen LogP contribution in [0.5, 0.6) is 5.75 Å². The van der Waals surface area contributed by atoms with Gasteiger partial charge in [-0.1, -0.05) is 18.7 Å². The molecule has 0 bridgehead atoms. The first-order valence-corrected chi connectivity index (χ1v) is 8.86. The normalized spacial score (nSPS) is 26.8. The first kappa shape index (κ1) is 20.5. The Morgan fingerprint density at radius 2 is 2.31 bits per heavy atom. The monoisotopic (exact) mass is 402 g/mol. The molecule has 2 aliphatic rings. The Morgan fingerprint density at radius 1 is 1.54 bits per heavy atom. The highest BCUT2D eigenvalue weighted by atomic mass is 35.5. The first-order valence-electron chi connectivity index (χ1n) is 7.81. The van der Waals surface area contributed by atoms with E-state index < -0.39 is 23.2 Å². The summed E-state index contributed by atoms with van der Waals surface area (Å²) >= 11 is 1.43. The van der Waals surface area contributed by atoms with Crippen LogP contribution in [0.4, 0.5) is 4.39 Å². The van der Waals surface area contributed by atoms with Crippen LogP contribution >= 0.6 is 24.2 Å². The van der Waals surface area contributed by atoms with E-state index >= 15 is 0 Å². The number of nitrogens with two attached hydrogens (primary N) is 1. The van der Waals surface area contributed by atoms with Gasteiger partial charge in [-0.25, -0.2) is 4.39 Å². The standard InChI is InChI=1S/C17H19FN2O4S.ClH/c1-2-6-23-16(22)17(9-24-12-5-3-4-11(18)7-12)8-20-14(21)13(19)15(20)25-10-17;/h2-5,7,13,15H,1,6,8-10,19H2;1H/t13?,15-,17?;/m1./s1. The Bertz CT molecular complexity index is 707. The summed E-state index contributed by atoms with van der Waals surface area (Å²) in [5.41, 5.74) is 4.75. The SMILES string of the molecule is C=CCOC(=O)C1(COc2cccc(F)c2)CS[C@@H]2C(N)C(=O)N2C1.Cl. The fraction of sp³-hybridized carbons (Fsp3) is 0.412. The van der Waals surface area contributed by atoms with E-state index in [-0.39, 0.29) is 43.4 Å². The van der Waals surface area contributed by atoms with E-state index in [0.29, 0.717) is 11.5 Å². The number of rotatable bonds is 6. The molecule has 3 rings (SSSR count). The van der Waals surface area contributed by atoms with Gasteiger partial charge in [-0.05, 0) is 12.1 Å². The Balaban J connectivity index is 0.00000243. The number of thioether (sulfide) groups is 1. The van der Waals surface area contributed by atoms with Gasteiger partial charge in [0.2, 0.25) is 5.91 Å². The zero-order chi connectivity index (χ0) is 18.0. The maximum atomic E-state index is 13.3. The molecular formula is C17H20ClFN2O4S. The van der Waals surface area contributed by atoms with Crippen LogP contribution in [0.25, 0.3) is 0 Å². The van der Waals surface area contributed by atoms with E-state index in [4.69, 9.17) is 15.2 Å². The van der Waals surface area contributed by atoms with Gasteiger partial charge in [-0.3, -0.25) is 9.59 Å². The summed E-state index contributed by atoms with van der Waals surface area (Å²) in [7, 11) is 0. The zero-order valence-corrected chi connectivity index (χ0v) is 15.6. The number of amides is 1. The minimum atomic E-state index is -1.04. The number of benzene rings is 1. The fourth-order valence-electron chi connectivity index (χ4n) is 2.86. The summed E-state index contributed by atoms with van der Waals surface area (Å²) in [6.07, 6.45) is 1.47. The Labute approximate surface area is 161 Å². The molecule has 1 aromatic carbocycles. The molecule has 0 saturated carbocycles. The number of ether oxygens (including phenoxy) is 2. The van der Waals surface area contributed by atoms with Crippen molar-refractivity contribution in [3.63, 3.8) is 0 Å². The van der Waals surface area contributed by atoms with Gasteiger partial charge in [0, 0.05) is 18.4 Å². The molecule has 2 saturated heterocycles. The average molecular weight is 403 g/mol. The lowest BCUT2D eigenvalue weighted by molar-refractivity contribution is -0.162. The van der Waals surface area contributed by atoms with Gasteiger partial charge in [0.05, 0.1) is 0 Å². The zero-order valence-electron chi connectivity index (χ0n) is 13.9. The molecule has 0 spiro atoms. The third kappa shape index (κ3) is 3.82. The molecule has 0 radical (unpaired) electrons. The Hall–Kier alpha value is -1.77. The van der Waals surface area contributed by atoms with E-state index in [1.54, 1.807) is 11.0 Å². The van der Waals surface area contributed by atoms with Crippen molar-refractivity contribution in [1.29, 1.82) is 0 Å². The van der Waals surface area contributed by atoms with Crippen molar-refractivity contribution in [2.45, 2.75) is 11.4 Å². The summed E-state index contributed by atoms with van der Waals surface area (Å²) in [6.45, 7) is 3.75.